The van der Waals surface area contributed by atoms with Gasteiger partial charge in [0.25, 0.3) is 0 Å². The predicted octanol–water partition coefficient (Wildman–Crippen LogP) is 3.75. The zero-order valence-electron chi connectivity index (χ0n) is 13.7. The van der Waals surface area contributed by atoms with Gasteiger partial charge in [0.15, 0.2) is 0 Å². The number of aromatic nitrogens is 1. The van der Waals surface area contributed by atoms with E-state index < -0.39 is 0 Å². The molecule has 0 radical (unpaired) electrons. The van der Waals surface area contributed by atoms with Crippen molar-refractivity contribution in [3.8, 4) is 0 Å². The Balaban J connectivity index is 1.54. The highest BCUT2D eigenvalue weighted by molar-refractivity contribution is 6.37. The molecule has 130 valence electrons. The number of carbonyl (C=O) groups is 1. The Kier molecular flexibility index (Phi) is 6.08. The molecule has 4 nitrogen and oxygen atoms in total. The van der Waals surface area contributed by atoms with Crippen molar-refractivity contribution >= 4 is 35.2 Å². The van der Waals surface area contributed by atoms with Crippen molar-refractivity contribution in [2.75, 3.05) is 26.2 Å². The van der Waals surface area contributed by atoms with Crippen molar-refractivity contribution in [1.29, 1.82) is 0 Å². The summed E-state index contributed by atoms with van der Waals surface area (Å²) in [4.78, 5) is 20.9. The third kappa shape index (κ3) is 4.82. The molecule has 1 fully saturated rings. The maximum atomic E-state index is 12.4. The number of hydrogen-bond acceptors (Lipinski definition) is 3. The van der Waals surface area contributed by atoms with Gasteiger partial charge in [0, 0.05) is 60.6 Å². The van der Waals surface area contributed by atoms with Crippen LogP contribution < -0.4 is 0 Å². The molecule has 0 saturated carbocycles. The molecule has 0 unspecified atom stereocenters. The number of halogens is 2. The van der Waals surface area contributed by atoms with Crippen LogP contribution in [0.5, 0.6) is 0 Å². The van der Waals surface area contributed by atoms with Gasteiger partial charge in [-0.15, -0.1) is 0 Å². The number of pyridine rings is 1. The fraction of sp³-hybridized carbons (Fsp3) is 0.263. The van der Waals surface area contributed by atoms with E-state index in [-0.39, 0.29) is 5.91 Å². The van der Waals surface area contributed by atoms with E-state index >= 15 is 0 Å². The van der Waals surface area contributed by atoms with Gasteiger partial charge in [0.05, 0.1) is 5.69 Å². The van der Waals surface area contributed by atoms with Crippen LogP contribution in [0.2, 0.25) is 10.0 Å². The summed E-state index contributed by atoms with van der Waals surface area (Å²) in [5.74, 6) is -0.0199. The fourth-order valence-electron chi connectivity index (χ4n) is 2.78. The van der Waals surface area contributed by atoms with Crippen molar-refractivity contribution in [2.24, 2.45) is 0 Å². The second-order valence-electron chi connectivity index (χ2n) is 5.89. The lowest BCUT2D eigenvalue weighted by Crippen LogP contribution is -2.47. The van der Waals surface area contributed by atoms with Gasteiger partial charge in [-0.2, -0.15) is 0 Å². The second-order valence-corrected chi connectivity index (χ2v) is 6.71. The van der Waals surface area contributed by atoms with Crippen LogP contribution in [0.25, 0.3) is 6.08 Å². The molecule has 0 N–H and O–H groups in total. The van der Waals surface area contributed by atoms with E-state index in [1.54, 1.807) is 36.5 Å². The first-order chi connectivity index (χ1) is 12.1. The average Bonchev–Trinajstić information content (AvgIpc) is 2.62. The summed E-state index contributed by atoms with van der Waals surface area (Å²) in [5.41, 5.74) is 1.73. The van der Waals surface area contributed by atoms with E-state index in [0.717, 1.165) is 25.3 Å². The molecule has 6 heteroatoms. The van der Waals surface area contributed by atoms with Crippen molar-refractivity contribution < 1.29 is 4.79 Å². The van der Waals surface area contributed by atoms with E-state index in [0.29, 0.717) is 28.7 Å². The zero-order valence-corrected chi connectivity index (χ0v) is 15.2. The lowest BCUT2D eigenvalue weighted by molar-refractivity contribution is -0.127. The number of carbonyl (C=O) groups excluding carboxylic acids is 1. The van der Waals surface area contributed by atoms with Crippen LogP contribution in [0.4, 0.5) is 0 Å². The molecular weight excluding hydrogens is 357 g/mol. The predicted molar refractivity (Wildman–Crippen MR) is 102 cm³/mol. The largest absolute Gasteiger partial charge is 0.337 e. The summed E-state index contributed by atoms with van der Waals surface area (Å²) in [6.07, 6.45) is 5.04. The van der Waals surface area contributed by atoms with E-state index in [1.807, 2.05) is 23.1 Å². The monoisotopic (exact) mass is 375 g/mol. The van der Waals surface area contributed by atoms with Crippen molar-refractivity contribution in [2.45, 2.75) is 6.54 Å². The second kappa shape index (κ2) is 8.48. The standard InChI is InChI=1S/C19H19Cl2N3O/c20-17-5-3-6-18(21)16(17)7-8-19(25)24-12-10-23(11-13-24)14-15-4-1-2-9-22-15/h1-9H,10-14H2/b8-7+. The molecule has 1 aliphatic heterocycles. The SMILES string of the molecule is O=C(/C=C/c1c(Cl)cccc1Cl)N1CCN(Cc2ccccn2)CC1. The van der Waals surface area contributed by atoms with Gasteiger partial charge < -0.3 is 4.90 Å². The third-order valence-corrected chi connectivity index (χ3v) is 4.85. The summed E-state index contributed by atoms with van der Waals surface area (Å²) >= 11 is 12.2. The van der Waals surface area contributed by atoms with Crippen LogP contribution in [-0.2, 0) is 11.3 Å². The van der Waals surface area contributed by atoms with Gasteiger partial charge in [-0.05, 0) is 30.3 Å². The molecule has 2 heterocycles. The molecule has 1 aliphatic rings. The summed E-state index contributed by atoms with van der Waals surface area (Å²) in [7, 11) is 0. The van der Waals surface area contributed by atoms with Gasteiger partial charge >= 0.3 is 0 Å². The Morgan fingerprint density at radius 1 is 1.04 bits per heavy atom. The van der Waals surface area contributed by atoms with Gasteiger partial charge in [0.2, 0.25) is 5.91 Å². The lowest BCUT2D eigenvalue weighted by atomic mass is 10.2. The van der Waals surface area contributed by atoms with E-state index in [2.05, 4.69) is 9.88 Å². The molecule has 1 aromatic heterocycles. The molecule has 1 saturated heterocycles. The minimum absolute atomic E-state index is 0.0199. The zero-order chi connectivity index (χ0) is 17.6. The molecule has 25 heavy (non-hydrogen) atoms. The number of amides is 1. The Morgan fingerprint density at radius 2 is 1.76 bits per heavy atom. The van der Waals surface area contributed by atoms with E-state index in [1.165, 1.54) is 0 Å². The Bertz CT molecular complexity index is 736. The summed E-state index contributed by atoms with van der Waals surface area (Å²) in [5, 5.41) is 1.08. The number of hydrogen-bond donors (Lipinski definition) is 0. The molecule has 1 amide bonds. The first-order valence-electron chi connectivity index (χ1n) is 8.17. The minimum Gasteiger partial charge on any atom is -0.337 e. The molecular formula is C19H19Cl2N3O. The van der Waals surface area contributed by atoms with Crippen LogP contribution in [0, 0.1) is 0 Å². The van der Waals surface area contributed by atoms with Crippen LogP contribution in [0.15, 0.2) is 48.7 Å². The third-order valence-electron chi connectivity index (χ3n) is 4.19. The molecule has 3 rings (SSSR count). The maximum absolute atomic E-state index is 12.4. The lowest BCUT2D eigenvalue weighted by Gasteiger charge is -2.34. The van der Waals surface area contributed by atoms with Gasteiger partial charge in [-0.1, -0.05) is 35.3 Å². The van der Waals surface area contributed by atoms with Gasteiger partial charge in [0.1, 0.15) is 0 Å². The van der Waals surface area contributed by atoms with Crippen LogP contribution in [-0.4, -0.2) is 46.9 Å². The van der Waals surface area contributed by atoms with Crippen molar-refractivity contribution in [3.63, 3.8) is 0 Å². The molecule has 0 spiro atoms. The molecule has 0 bridgehead atoms. The van der Waals surface area contributed by atoms with Crippen LogP contribution >= 0.6 is 23.2 Å². The van der Waals surface area contributed by atoms with Gasteiger partial charge in [-0.25, -0.2) is 0 Å². The first-order valence-corrected chi connectivity index (χ1v) is 8.92. The first kappa shape index (κ1) is 17.9. The topological polar surface area (TPSA) is 36.4 Å². The van der Waals surface area contributed by atoms with Crippen molar-refractivity contribution in [1.82, 2.24) is 14.8 Å². The number of rotatable bonds is 4. The Hall–Kier alpha value is -1.88. The Labute approximate surface area is 157 Å². The highest BCUT2D eigenvalue weighted by atomic mass is 35.5. The molecule has 0 aliphatic carbocycles. The minimum atomic E-state index is -0.0199. The van der Waals surface area contributed by atoms with E-state index in [9.17, 15) is 4.79 Å². The quantitative estimate of drug-likeness (QED) is 0.763. The average molecular weight is 376 g/mol. The normalized spacial score (nSPS) is 15.7. The number of piperazine rings is 1. The highest BCUT2D eigenvalue weighted by Crippen LogP contribution is 2.25. The van der Waals surface area contributed by atoms with Gasteiger partial charge in [-0.3, -0.25) is 14.7 Å². The smallest absolute Gasteiger partial charge is 0.246 e. The number of nitrogens with zero attached hydrogens (tertiary/aromatic N) is 3. The number of benzene rings is 1. The molecule has 0 atom stereocenters. The van der Waals surface area contributed by atoms with Crippen molar-refractivity contribution in [3.05, 3.63) is 70.0 Å². The molecule has 2 aromatic rings. The highest BCUT2D eigenvalue weighted by Gasteiger charge is 2.20. The van der Waals surface area contributed by atoms with Crippen LogP contribution in [0.3, 0.4) is 0 Å². The Morgan fingerprint density at radius 3 is 2.40 bits per heavy atom. The van der Waals surface area contributed by atoms with Crippen LogP contribution in [0.1, 0.15) is 11.3 Å². The fourth-order valence-corrected chi connectivity index (χ4v) is 3.30. The maximum Gasteiger partial charge on any atom is 0.246 e. The molecule has 1 aromatic carbocycles. The van der Waals surface area contributed by atoms with E-state index in [4.69, 9.17) is 23.2 Å². The summed E-state index contributed by atoms with van der Waals surface area (Å²) in [6, 6.07) is 11.2. The summed E-state index contributed by atoms with van der Waals surface area (Å²) < 4.78 is 0. The summed E-state index contributed by atoms with van der Waals surface area (Å²) in [6.45, 7) is 3.89.